The van der Waals surface area contributed by atoms with Crippen molar-refractivity contribution in [3.8, 4) is 0 Å². The molecule has 7 heteroatoms. The average molecular weight is 344 g/mol. The van der Waals surface area contributed by atoms with E-state index < -0.39 is 0 Å². The van der Waals surface area contributed by atoms with Gasteiger partial charge in [0, 0.05) is 35.8 Å². The summed E-state index contributed by atoms with van der Waals surface area (Å²) in [6.45, 7) is 5.07. The third-order valence-electron chi connectivity index (χ3n) is 4.05. The molecule has 2 heterocycles. The molecule has 24 heavy (non-hydrogen) atoms. The molecule has 6 nitrogen and oxygen atoms in total. The number of hydrazone groups is 1. The highest BCUT2D eigenvalue weighted by molar-refractivity contribution is 6.32. The minimum Gasteiger partial charge on any atom is -0.344 e. The summed E-state index contributed by atoms with van der Waals surface area (Å²) in [7, 11) is 1.55. The van der Waals surface area contributed by atoms with Gasteiger partial charge < -0.3 is 4.57 Å². The third-order valence-corrected chi connectivity index (χ3v) is 4.42. The van der Waals surface area contributed by atoms with Crippen LogP contribution in [0.5, 0.6) is 0 Å². The summed E-state index contributed by atoms with van der Waals surface area (Å²) >= 11 is 6.02. The maximum Gasteiger partial charge on any atom is 0.287 e. The quantitative estimate of drug-likeness (QED) is 0.584. The van der Waals surface area contributed by atoms with Crippen molar-refractivity contribution in [3.63, 3.8) is 0 Å². The van der Waals surface area contributed by atoms with E-state index >= 15 is 0 Å². The van der Waals surface area contributed by atoms with Crippen LogP contribution in [0.15, 0.2) is 40.4 Å². The van der Waals surface area contributed by atoms with Gasteiger partial charge in [-0.25, -0.2) is 4.68 Å². The van der Waals surface area contributed by atoms with Crippen molar-refractivity contribution in [1.82, 2.24) is 14.3 Å². The minimum absolute atomic E-state index is 0.0670. The van der Waals surface area contributed by atoms with E-state index in [4.69, 9.17) is 11.6 Å². The maximum absolute atomic E-state index is 11.8. The Hall–Kier alpha value is -2.60. The van der Waals surface area contributed by atoms with E-state index in [0.717, 1.165) is 23.2 Å². The number of hydrogen-bond donors (Lipinski definition) is 1. The van der Waals surface area contributed by atoms with Crippen molar-refractivity contribution in [3.05, 3.63) is 57.1 Å². The number of anilines is 1. The molecule has 1 N–H and O–H groups in total. The molecule has 0 aliphatic heterocycles. The van der Waals surface area contributed by atoms with E-state index in [9.17, 15) is 4.79 Å². The fourth-order valence-corrected chi connectivity index (χ4v) is 3.00. The molecule has 1 aromatic carbocycles. The Labute approximate surface area is 144 Å². The Bertz CT molecular complexity index is 987. The molecule has 0 unspecified atom stereocenters. The smallest absolute Gasteiger partial charge is 0.287 e. The lowest BCUT2D eigenvalue weighted by Gasteiger charge is -2.04. The number of nitrogens with one attached hydrogen (secondary N) is 1. The van der Waals surface area contributed by atoms with Gasteiger partial charge in [-0.05, 0) is 19.9 Å². The predicted molar refractivity (Wildman–Crippen MR) is 98.1 cm³/mol. The topological polar surface area (TPSA) is 64.2 Å². The van der Waals surface area contributed by atoms with Crippen LogP contribution in [0.3, 0.4) is 0 Å². The largest absolute Gasteiger partial charge is 0.344 e. The number of aryl methyl sites for hydroxylation is 2. The second-order valence-corrected chi connectivity index (χ2v) is 5.81. The molecule has 0 fully saturated rings. The number of benzene rings is 1. The number of fused-ring (bicyclic) bond motifs is 1. The molecular weight excluding hydrogens is 326 g/mol. The predicted octanol–water partition coefficient (Wildman–Crippen LogP) is 3.16. The van der Waals surface area contributed by atoms with Crippen LogP contribution in [0.4, 0.5) is 5.69 Å². The van der Waals surface area contributed by atoms with Crippen molar-refractivity contribution in [2.45, 2.75) is 20.4 Å². The summed E-state index contributed by atoms with van der Waals surface area (Å²) in [5.41, 5.74) is 6.16. The summed E-state index contributed by atoms with van der Waals surface area (Å²) < 4.78 is 3.42. The Kier molecular flexibility index (Phi) is 4.40. The molecule has 0 saturated carbocycles. The van der Waals surface area contributed by atoms with Crippen molar-refractivity contribution in [1.29, 1.82) is 0 Å². The summed E-state index contributed by atoms with van der Waals surface area (Å²) in [5, 5.41) is 9.37. The fourth-order valence-electron chi connectivity index (χ4n) is 2.78. The van der Waals surface area contributed by atoms with Crippen molar-refractivity contribution in [2.24, 2.45) is 12.1 Å². The molecule has 0 amide bonds. The molecular formula is C17H18ClN5O. The zero-order valence-corrected chi connectivity index (χ0v) is 14.5. The van der Waals surface area contributed by atoms with Gasteiger partial charge in [0.1, 0.15) is 10.7 Å². The number of halogens is 1. The second kappa shape index (κ2) is 6.49. The number of rotatable bonds is 4. The van der Waals surface area contributed by atoms with E-state index in [1.807, 2.05) is 12.1 Å². The van der Waals surface area contributed by atoms with Crippen LogP contribution in [-0.2, 0) is 13.6 Å². The maximum atomic E-state index is 11.8. The highest BCUT2D eigenvalue weighted by Crippen LogP contribution is 2.24. The van der Waals surface area contributed by atoms with Crippen LogP contribution in [0.25, 0.3) is 10.9 Å². The zero-order valence-electron chi connectivity index (χ0n) is 13.7. The number of hydrogen-bond acceptors (Lipinski definition) is 4. The molecule has 3 aromatic rings. The van der Waals surface area contributed by atoms with Gasteiger partial charge in [-0.15, -0.1) is 0 Å². The lowest BCUT2D eigenvalue weighted by Crippen LogP contribution is -2.20. The lowest BCUT2D eigenvalue weighted by atomic mass is 10.1. The van der Waals surface area contributed by atoms with Gasteiger partial charge in [-0.1, -0.05) is 29.8 Å². The van der Waals surface area contributed by atoms with Gasteiger partial charge in [0.15, 0.2) is 0 Å². The Morgan fingerprint density at radius 2 is 2.12 bits per heavy atom. The van der Waals surface area contributed by atoms with Crippen LogP contribution in [0.2, 0.25) is 5.02 Å². The molecule has 124 valence electrons. The molecule has 0 atom stereocenters. The number of aromatic nitrogens is 3. The second-order valence-electron chi connectivity index (χ2n) is 5.43. The SMILES string of the molecule is CCn1c(C)c(/C=N\Nc2cnn(C)c(=O)c2Cl)c2ccccc21. The fraction of sp³-hybridized carbons (Fsp3) is 0.235. The van der Waals surface area contributed by atoms with Crippen LogP contribution >= 0.6 is 11.6 Å². The molecule has 0 aliphatic carbocycles. The first kappa shape index (κ1) is 16.3. The van der Waals surface area contributed by atoms with Crippen molar-refractivity contribution < 1.29 is 0 Å². The third kappa shape index (κ3) is 2.69. The summed E-state index contributed by atoms with van der Waals surface area (Å²) in [4.78, 5) is 11.8. The van der Waals surface area contributed by atoms with E-state index in [0.29, 0.717) is 5.69 Å². The Morgan fingerprint density at radius 1 is 1.38 bits per heavy atom. The first-order valence-electron chi connectivity index (χ1n) is 7.63. The molecule has 2 aromatic heterocycles. The molecule has 0 bridgehead atoms. The lowest BCUT2D eigenvalue weighted by molar-refractivity contribution is 0.708. The standard InChI is InChI=1S/C17H18ClN5O/c1-4-23-11(2)13(12-7-5-6-8-15(12)23)9-19-21-14-10-20-22(3)17(24)16(14)18/h5-10,21H,4H2,1-3H3/b19-9-. The van der Waals surface area contributed by atoms with E-state index in [2.05, 4.69) is 46.2 Å². The first-order chi connectivity index (χ1) is 11.5. The van der Waals surface area contributed by atoms with Gasteiger partial charge in [0.25, 0.3) is 5.56 Å². The van der Waals surface area contributed by atoms with Gasteiger partial charge in [0.2, 0.25) is 0 Å². The number of para-hydroxylation sites is 1. The number of nitrogens with zero attached hydrogens (tertiary/aromatic N) is 4. The molecule has 3 rings (SSSR count). The van der Waals surface area contributed by atoms with Crippen molar-refractivity contribution >= 4 is 34.4 Å². The summed E-state index contributed by atoms with van der Waals surface area (Å²) in [5.74, 6) is 0. The van der Waals surface area contributed by atoms with Crippen molar-refractivity contribution in [2.75, 3.05) is 5.43 Å². The zero-order chi connectivity index (χ0) is 17.3. The van der Waals surface area contributed by atoms with Gasteiger partial charge in [-0.3, -0.25) is 10.2 Å². The van der Waals surface area contributed by atoms with Crippen LogP contribution in [0, 0.1) is 6.92 Å². The van der Waals surface area contributed by atoms with Gasteiger partial charge >= 0.3 is 0 Å². The highest BCUT2D eigenvalue weighted by atomic mass is 35.5. The Morgan fingerprint density at radius 3 is 2.88 bits per heavy atom. The normalized spacial score (nSPS) is 11.5. The van der Waals surface area contributed by atoms with Crippen LogP contribution < -0.4 is 11.0 Å². The van der Waals surface area contributed by atoms with E-state index in [1.54, 1.807) is 13.3 Å². The highest BCUT2D eigenvalue weighted by Gasteiger charge is 2.11. The molecule has 0 radical (unpaired) electrons. The van der Waals surface area contributed by atoms with Crippen LogP contribution in [-0.4, -0.2) is 20.6 Å². The van der Waals surface area contributed by atoms with E-state index in [-0.39, 0.29) is 10.6 Å². The van der Waals surface area contributed by atoms with Crippen LogP contribution in [0.1, 0.15) is 18.2 Å². The van der Waals surface area contributed by atoms with E-state index in [1.165, 1.54) is 16.4 Å². The first-order valence-corrected chi connectivity index (χ1v) is 8.01. The molecule has 0 spiro atoms. The van der Waals surface area contributed by atoms with Gasteiger partial charge in [-0.2, -0.15) is 10.2 Å². The average Bonchev–Trinajstić information content (AvgIpc) is 2.86. The summed E-state index contributed by atoms with van der Waals surface area (Å²) in [6.07, 6.45) is 3.22. The van der Waals surface area contributed by atoms with Gasteiger partial charge in [0.05, 0.1) is 12.4 Å². The molecule has 0 aliphatic rings. The monoisotopic (exact) mass is 343 g/mol. The summed E-state index contributed by atoms with van der Waals surface area (Å²) in [6, 6.07) is 8.20. The molecule has 0 saturated heterocycles. The Balaban J connectivity index is 1.96. The minimum atomic E-state index is -0.365.